The summed E-state index contributed by atoms with van der Waals surface area (Å²) in [5.74, 6) is 0.0695. The van der Waals surface area contributed by atoms with E-state index >= 15 is 0 Å². The third-order valence-electron chi connectivity index (χ3n) is 3.16. The van der Waals surface area contributed by atoms with Crippen molar-refractivity contribution < 1.29 is 18.3 Å². The van der Waals surface area contributed by atoms with Gasteiger partial charge in [0.05, 0.1) is 16.9 Å². The molecule has 0 bridgehead atoms. The maximum atomic E-state index is 13.0. The van der Waals surface area contributed by atoms with Crippen LogP contribution in [0.15, 0.2) is 53.9 Å². The Morgan fingerprint density at radius 3 is 2.43 bits per heavy atom. The minimum atomic E-state index is -4.44. The zero-order chi connectivity index (χ0) is 16.4. The quantitative estimate of drug-likeness (QED) is 0.684. The SMILES string of the molecule is Oc1ccccc1-c1csc(Nc2ccccc2C(F)(F)F)n1. The molecule has 2 aromatic carbocycles. The van der Waals surface area contributed by atoms with Crippen LogP contribution in [-0.2, 0) is 6.18 Å². The van der Waals surface area contributed by atoms with Crippen LogP contribution in [0.3, 0.4) is 0 Å². The second-order valence-electron chi connectivity index (χ2n) is 4.72. The Kier molecular flexibility index (Phi) is 3.96. The minimum absolute atomic E-state index is 0.0572. The van der Waals surface area contributed by atoms with Gasteiger partial charge in [-0.2, -0.15) is 13.2 Å². The molecule has 1 aromatic heterocycles. The van der Waals surface area contributed by atoms with Gasteiger partial charge in [-0.05, 0) is 24.3 Å². The number of alkyl halides is 3. The maximum Gasteiger partial charge on any atom is 0.418 e. The molecule has 0 radical (unpaired) electrons. The number of thiazole rings is 1. The van der Waals surface area contributed by atoms with Crippen molar-refractivity contribution in [2.75, 3.05) is 5.32 Å². The molecule has 1 heterocycles. The lowest BCUT2D eigenvalue weighted by Gasteiger charge is -2.12. The van der Waals surface area contributed by atoms with Crippen LogP contribution in [0.2, 0.25) is 0 Å². The fourth-order valence-corrected chi connectivity index (χ4v) is 2.82. The van der Waals surface area contributed by atoms with Gasteiger partial charge in [0, 0.05) is 10.9 Å². The molecule has 7 heteroatoms. The first-order valence-corrected chi connectivity index (χ1v) is 7.50. The van der Waals surface area contributed by atoms with Crippen molar-refractivity contribution in [1.82, 2.24) is 4.98 Å². The largest absolute Gasteiger partial charge is 0.507 e. The molecule has 0 spiro atoms. The Morgan fingerprint density at radius 2 is 1.70 bits per heavy atom. The minimum Gasteiger partial charge on any atom is -0.507 e. The Hall–Kier alpha value is -2.54. The lowest BCUT2D eigenvalue weighted by atomic mass is 10.1. The van der Waals surface area contributed by atoms with Gasteiger partial charge in [-0.25, -0.2) is 4.98 Å². The predicted octanol–water partition coefficient (Wildman–Crippen LogP) is 5.28. The van der Waals surface area contributed by atoms with Crippen molar-refractivity contribution in [2.24, 2.45) is 0 Å². The highest BCUT2D eigenvalue weighted by molar-refractivity contribution is 7.14. The lowest BCUT2D eigenvalue weighted by molar-refractivity contribution is -0.136. The summed E-state index contributed by atoms with van der Waals surface area (Å²) in [7, 11) is 0. The van der Waals surface area contributed by atoms with E-state index in [1.165, 1.54) is 35.6 Å². The van der Waals surface area contributed by atoms with Gasteiger partial charge < -0.3 is 10.4 Å². The molecule has 0 unspecified atom stereocenters. The van der Waals surface area contributed by atoms with E-state index in [9.17, 15) is 18.3 Å². The Bertz CT molecular complexity index is 830. The summed E-state index contributed by atoms with van der Waals surface area (Å²) >= 11 is 1.17. The number of hydrogen-bond donors (Lipinski definition) is 2. The van der Waals surface area contributed by atoms with E-state index in [1.54, 1.807) is 23.6 Å². The maximum absolute atomic E-state index is 13.0. The number of anilines is 2. The van der Waals surface area contributed by atoms with Gasteiger partial charge in [-0.15, -0.1) is 11.3 Å². The van der Waals surface area contributed by atoms with E-state index in [4.69, 9.17) is 0 Å². The summed E-state index contributed by atoms with van der Waals surface area (Å²) in [4.78, 5) is 4.24. The first-order chi connectivity index (χ1) is 10.9. The Morgan fingerprint density at radius 1 is 1.00 bits per heavy atom. The van der Waals surface area contributed by atoms with E-state index in [2.05, 4.69) is 10.3 Å². The first-order valence-electron chi connectivity index (χ1n) is 6.62. The molecule has 0 saturated carbocycles. The average Bonchev–Trinajstić information content (AvgIpc) is 2.95. The van der Waals surface area contributed by atoms with E-state index < -0.39 is 11.7 Å². The zero-order valence-electron chi connectivity index (χ0n) is 11.6. The normalized spacial score (nSPS) is 11.4. The number of rotatable bonds is 3. The number of phenolic OH excluding ortho intramolecular Hbond substituents is 1. The van der Waals surface area contributed by atoms with Crippen molar-refractivity contribution in [3.8, 4) is 17.0 Å². The van der Waals surface area contributed by atoms with Gasteiger partial charge in [-0.3, -0.25) is 0 Å². The van der Waals surface area contributed by atoms with Crippen LogP contribution in [-0.4, -0.2) is 10.1 Å². The number of aromatic nitrogens is 1. The number of hydrogen-bond acceptors (Lipinski definition) is 4. The topological polar surface area (TPSA) is 45.1 Å². The lowest BCUT2D eigenvalue weighted by Crippen LogP contribution is -2.08. The van der Waals surface area contributed by atoms with Crippen LogP contribution >= 0.6 is 11.3 Å². The summed E-state index contributed by atoms with van der Waals surface area (Å²) in [6, 6.07) is 11.9. The molecular formula is C16H11F3N2OS. The monoisotopic (exact) mass is 336 g/mol. The summed E-state index contributed by atoms with van der Waals surface area (Å²) < 4.78 is 39.0. The molecule has 3 nitrogen and oxygen atoms in total. The van der Waals surface area contributed by atoms with Gasteiger partial charge in [0.2, 0.25) is 0 Å². The third-order valence-corrected chi connectivity index (χ3v) is 3.92. The van der Waals surface area contributed by atoms with E-state index in [-0.39, 0.29) is 11.4 Å². The van der Waals surface area contributed by atoms with E-state index in [0.29, 0.717) is 16.4 Å². The van der Waals surface area contributed by atoms with Crippen molar-refractivity contribution >= 4 is 22.2 Å². The Labute approximate surface area is 134 Å². The van der Waals surface area contributed by atoms with Crippen LogP contribution < -0.4 is 5.32 Å². The van der Waals surface area contributed by atoms with Crippen LogP contribution in [0.5, 0.6) is 5.75 Å². The van der Waals surface area contributed by atoms with Crippen LogP contribution in [0.25, 0.3) is 11.3 Å². The van der Waals surface area contributed by atoms with Crippen molar-refractivity contribution in [1.29, 1.82) is 0 Å². The standard InChI is InChI=1S/C16H11F3N2OS/c17-16(18,19)11-6-2-3-7-12(11)20-15-21-13(9-23-15)10-5-1-4-8-14(10)22/h1-9,22H,(H,20,21). The Balaban J connectivity index is 1.90. The summed E-state index contributed by atoms with van der Waals surface area (Å²) in [6.07, 6.45) is -4.44. The van der Waals surface area contributed by atoms with Gasteiger partial charge in [0.25, 0.3) is 0 Å². The first kappa shape index (κ1) is 15.4. The average molecular weight is 336 g/mol. The number of aromatic hydroxyl groups is 1. The van der Waals surface area contributed by atoms with Gasteiger partial charge in [0.15, 0.2) is 5.13 Å². The van der Waals surface area contributed by atoms with Crippen molar-refractivity contribution in [2.45, 2.75) is 6.18 Å². The molecule has 23 heavy (non-hydrogen) atoms. The van der Waals surface area contributed by atoms with Gasteiger partial charge in [-0.1, -0.05) is 24.3 Å². The van der Waals surface area contributed by atoms with Crippen molar-refractivity contribution in [3.05, 3.63) is 59.5 Å². The smallest absolute Gasteiger partial charge is 0.418 e. The number of nitrogens with one attached hydrogen (secondary N) is 1. The van der Waals surface area contributed by atoms with E-state index in [1.807, 2.05) is 0 Å². The van der Waals surface area contributed by atoms with E-state index in [0.717, 1.165) is 6.07 Å². The van der Waals surface area contributed by atoms with Crippen LogP contribution in [0, 0.1) is 0 Å². The fraction of sp³-hybridized carbons (Fsp3) is 0.0625. The molecule has 0 aliphatic heterocycles. The third kappa shape index (κ3) is 3.29. The molecular weight excluding hydrogens is 325 g/mol. The second kappa shape index (κ2) is 5.92. The number of halogens is 3. The molecule has 3 aromatic rings. The summed E-state index contributed by atoms with van der Waals surface area (Å²) in [5.41, 5.74) is 0.221. The number of para-hydroxylation sites is 2. The van der Waals surface area contributed by atoms with Gasteiger partial charge >= 0.3 is 6.18 Å². The number of phenols is 1. The van der Waals surface area contributed by atoms with Gasteiger partial charge in [0.1, 0.15) is 5.75 Å². The second-order valence-corrected chi connectivity index (χ2v) is 5.58. The molecule has 0 fully saturated rings. The summed E-state index contributed by atoms with van der Waals surface area (Å²) in [5, 5.41) is 14.5. The van der Waals surface area contributed by atoms with Crippen LogP contribution in [0.4, 0.5) is 24.0 Å². The molecule has 0 atom stereocenters. The number of benzene rings is 2. The molecule has 0 aliphatic rings. The molecule has 118 valence electrons. The fourth-order valence-electron chi connectivity index (χ4n) is 2.10. The highest BCUT2D eigenvalue weighted by Crippen LogP contribution is 2.37. The zero-order valence-corrected chi connectivity index (χ0v) is 12.4. The highest BCUT2D eigenvalue weighted by atomic mass is 32.1. The molecule has 2 N–H and O–H groups in total. The van der Waals surface area contributed by atoms with Crippen molar-refractivity contribution in [3.63, 3.8) is 0 Å². The molecule has 0 aliphatic carbocycles. The predicted molar refractivity (Wildman–Crippen MR) is 83.9 cm³/mol. The number of nitrogens with zero attached hydrogens (tertiary/aromatic N) is 1. The molecule has 0 amide bonds. The molecule has 3 rings (SSSR count). The van der Waals surface area contributed by atoms with Crippen LogP contribution in [0.1, 0.15) is 5.56 Å². The summed E-state index contributed by atoms with van der Waals surface area (Å²) in [6.45, 7) is 0. The highest BCUT2D eigenvalue weighted by Gasteiger charge is 2.33. The molecule has 0 saturated heterocycles.